The van der Waals surface area contributed by atoms with E-state index in [9.17, 15) is 17.8 Å². The van der Waals surface area contributed by atoms with Gasteiger partial charge in [-0.1, -0.05) is 66.7 Å². The minimum Gasteiger partial charge on any atom is -0.491 e. The Morgan fingerprint density at radius 3 is 1.91 bits per heavy atom. The maximum absolute atomic E-state index is 14.7. The van der Waals surface area contributed by atoms with Crippen molar-refractivity contribution in [2.24, 2.45) is 5.92 Å². The lowest BCUT2D eigenvalue weighted by molar-refractivity contribution is -0.141. The third kappa shape index (κ3) is 5.86. The van der Waals surface area contributed by atoms with E-state index in [0.717, 1.165) is 29.5 Å². The predicted octanol–water partition coefficient (Wildman–Crippen LogP) is 6.45. The van der Waals surface area contributed by atoms with Gasteiger partial charge in [0.2, 0.25) is 0 Å². The first-order valence-electron chi connectivity index (χ1n) is 16.2. The van der Waals surface area contributed by atoms with Crippen LogP contribution in [0.4, 0.5) is 0 Å². The predicted molar refractivity (Wildman–Crippen MR) is 176 cm³/mol. The number of carbonyl (C=O) groups excluding carboxylic acids is 1. The number of hydrogen-bond donors (Lipinski definition) is 1. The average Bonchev–Trinajstić information content (AvgIpc) is 3.09. The molecule has 0 spiro atoms. The molecule has 244 valence electrons. The number of carbonyl (C=O) groups is 1. The lowest BCUT2D eigenvalue weighted by atomic mass is 9.53. The smallest absolute Gasteiger partial charge is 0.315 e. The molecule has 4 aliphatic carbocycles. The number of esters is 1. The molecule has 9 heteroatoms. The maximum atomic E-state index is 14.7. The molecule has 0 aliphatic heterocycles. The van der Waals surface area contributed by atoms with E-state index >= 15 is 0 Å². The highest BCUT2D eigenvalue weighted by Gasteiger charge is 2.54. The fourth-order valence-electron chi connectivity index (χ4n) is 7.99. The van der Waals surface area contributed by atoms with E-state index in [0.29, 0.717) is 61.9 Å². The van der Waals surface area contributed by atoms with E-state index in [1.165, 1.54) is 23.3 Å². The Bertz CT molecular complexity index is 1850. The molecule has 0 aromatic heterocycles. The number of fused-ring (bicyclic) bond motifs is 2. The van der Waals surface area contributed by atoms with Crippen molar-refractivity contribution < 1.29 is 36.7 Å². The van der Waals surface area contributed by atoms with E-state index in [-0.39, 0.29) is 28.6 Å². The van der Waals surface area contributed by atoms with Gasteiger partial charge >= 0.3 is 5.97 Å². The van der Waals surface area contributed by atoms with Crippen molar-refractivity contribution in [3.8, 4) is 11.5 Å². The van der Waals surface area contributed by atoms with Crippen LogP contribution in [-0.2, 0) is 37.2 Å². The molecule has 0 radical (unpaired) electrons. The number of para-hydroxylation sites is 1. The minimum atomic E-state index is -4.42. The topological polar surface area (TPSA) is 108 Å². The molecule has 8 rings (SSSR count). The van der Waals surface area contributed by atoms with Gasteiger partial charge in [-0.2, -0.15) is 8.42 Å². The second kappa shape index (κ2) is 13.2. The van der Waals surface area contributed by atoms with Crippen LogP contribution >= 0.6 is 0 Å². The largest absolute Gasteiger partial charge is 0.491 e. The van der Waals surface area contributed by atoms with E-state index in [4.69, 9.17) is 18.9 Å². The Balaban J connectivity index is 1.31. The summed E-state index contributed by atoms with van der Waals surface area (Å²) in [7, 11) is -2.78. The van der Waals surface area contributed by atoms with E-state index < -0.39 is 16.0 Å². The van der Waals surface area contributed by atoms with Crippen LogP contribution in [0.2, 0.25) is 0 Å². The standard InChI is InChI=1S/C38H38O8S/c1-43-20-21-44-22-23-45-31-17-9-8-16-30(31)36-34-26-12-4-6-14-28(26)35(29-15-7-5-13-27(29)34)37(36)38(39)46-32-18-19-33(47(40,41)42)25-11-3-2-10-24(25)32/h4-9,12-19,34-37H,2-3,10-11,20-23H2,1H3,(H,40,41,42). The van der Waals surface area contributed by atoms with Crippen LogP contribution in [0.5, 0.6) is 11.5 Å². The van der Waals surface area contributed by atoms with Gasteiger partial charge in [-0.3, -0.25) is 9.35 Å². The quantitative estimate of drug-likeness (QED) is 0.0851. The fourth-order valence-corrected chi connectivity index (χ4v) is 8.77. The zero-order valence-electron chi connectivity index (χ0n) is 26.3. The number of benzene rings is 4. The third-order valence-corrected chi connectivity index (χ3v) is 10.8. The molecule has 4 aromatic carbocycles. The van der Waals surface area contributed by atoms with Crippen molar-refractivity contribution in [1.29, 1.82) is 0 Å². The summed E-state index contributed by atoms with van der Waals surface area (Å²) in [6.07, 6.45) is 2.69. The van der Waals surface area contributed by atoms with Crippen molar-refractivity contribution in [2.45, 2.75) is 48.3 Å². The van der Waals surface area contributed by atoms with Gasteiger partial charge in [0.15, 0.2) is 0 Å². The van der Waals surface area contributed by atoms with E-state index in [1.54, 1.807) is 7.11 Å². The summed E-state index contributed by atoms with van der Waals surface area (Å²) in [5.74, 6) is -0.589. The Labute approximate surface area is 275 Å². The Hall–Kier alpha value is -4.02. The molecule has 0 saturated heterocycles. The molecule has 8 nitrogen and oxygen atoms in total. The van der Waals surface area contributed by atoms with Gasteiger partial charge in [-0.25, -0.2) is 0 Å². The minimum absolute atomic E-state index is 0.110. The second-order valence-electron chi connectivity index (χ2n) is 12.4. The van der Waals surface area contributed by atoms with Gasteiger partial charge in [0.1, 0.15) is 18.1 Å². The van der Waals surface area contributed by atoms with Gasteiger partial charge in [0.05, 0.1) is 30.6 Å². The maximum Gasteiger partial charge on any atom is 0.315 e. The molecule has 0 heterocycles. The van der Waals surface area contributed by atoms with Crippen molar-refractivity contribution in [1.82, 2.24) is 0 Å². The Morgan fingerprint density at radius 1 is 0.702 bits per heavy atom. The molecular formula is C38H38O8S. The summed E-state index contributed by atoms with van der Waals surface area (Å²) < 4.78 is 57.7. The van der Waals surface area contributed by atoms with Crippen molar-refractivity contribution in [2.75, 3.05) is 33.5 Å². The van der Waals surface area contributed by atoms with Crippen LogP contribution in [-0.4, -0.2) is 52.5 Å². The van der Waals surface area contributed by atoms with Gasteiger partial charge in [0, 0.05) is 24.9 Å². The molecule has 2 bridgehead atoms. The SMILES string of the molecule is COCCOCCOc1ccccc1C1C2c3ccccc3C(c3ccccc32)C1C(=O)Oc1ccc(S(=O)(=O)O)c2c1CCCC2. The van der Waals surface area contributed by atoms with Gasteiger partial charge in [-0.15, -0.1) is 0 Å². The lowest BCUT2D eigenvalue weighted by Crippen LogP contribution is -2.44. The summed E-state index contributed by atoms with van der Waals surface area (Å²) in [4.78, 5) is 14.6. The second-order valence-corrected chi connectivity index (χ2v) is 13.8. The normalized spacial score (nSPS) is 21.0. The molecule has 1 N–H and O–H groups in total. The summed E-state index contributed by atoms with van der Waals surface area (Å²) in [5.41, 5.74) is 6.75. The first-order chi connectivity index (χ1) is 22.9. The summed E-state index contributed by atoms with van der Waals surface area (Å²) in [6.45, 7) is 1.72. The first-order valence-corrected chi connectivity index (χ1v) is 17.6. The molecule has 2 unspecified atom stereocenters. The van der Waals surface area contributed by atoms with Crippen LogP contribution in [0.3, 0.4) is 0 Å². The van der Waals surface area contributed by atoms with Gasteiger partial charge < -0.3 is 18.9 Å². The number of hydrogen-bond acceptors (Lipinski definition) is 7. The van der Waals surface area contributed by atoms with Gasteiger partial charge in [0.25, 0.3) is 10.1 Å². The summed E-state index contributed by atoms with van der Waals surface area (Å²) in [6, 6.07) is 27.5. The number of ether oxygens (including phenoxy) is 4. The molecule has 47 heavy (non-hydrogen) atoms. The summed E-state index contributed by atoms with van der Waals surface area (Å²) >= 11 is 0. The highest BCUT2D eigenvalue weighted by atomic mass is 32.2. The van der Waals surface area contributed by atoms with Crippen LogP contribution in [0.25, 0.3) is 0 Å². The molecule has 0 amide bonds. The van der Waals surface area contributed by atoms with E-state index in [1.807, 2.05) is 36.4 Å². The summed E-state index contributed by atoms with van der Waals surface area (Å²) in [5, 5.41) is 0. The molecule has 4 aliphatic rings. The molecule has 4 aromatic rings. The van der Waals surface area contributed by atoms with Crippen molar-refractivity contribution in [3.63, 3.8) is 0 Å². The lowest BCUT2D eigenvalue weighted by Gasteiger charge is -2.50. The van der Waals surface area contributed by atoms with Crippen LogP contribution in [0, 0.1) is 5.92 Å². The molecule has 2 atom stereocenters. The van der Waals surface area contributed by atoms with Crippen LogP contribution < -0.4 is 9.47 Å². The highest BCUT2D eigenvalue weighted by molar-refractivity contribution is 7.85. The molecule has 0 fully saturated rings. The Kier molecular flexibility index (Phi) is 8.89. The van der Waals surface area contributed by atoms with Crippen LogP contribution in [0.1, 0.15) is 69.5 Å². The zero-order valence-corrected chi connectivity index (χ0v) is 27.1. The van der Waals surface area contributed by atoms with Crippen LogP contribution in [0.15, 0.2) is 89.8 Å². The number of rotatable bonds is 11. The molecular weight excluding hydrogens is 616 g/mol. The van der Waals surface area contributed by atoms with Gasteiger partial charge in [-0.05, 0) is 82.8 Å². The fraction of sp³-hybridized carbons (Fsp3) is 0.342. The number of methoxy groups -OCH3 is 1. The third-order valence-electron chi connectivity index (χ3n) is 9.84. The zero-order chi connectivity index (χ0) is 32.5. The van der Waals surface area contributed by atoms with E-state index in [2.05, 4.69) is 36.4 Å². The highest BCUT2D eigenvalue weighted by Crippen LogP contribution is 2.62. The van der Waals surface area contributed by atoms with Crippen molar-refractivity contribution >= 4 is 16.1 Å². The van der Waals surface area contributed by atoms with Crippen molar-refractivity contribution in [3.05, 3.63) is 124 Å². The Morgan fingerprint density at radius 2 is 1.28 bits per heavy atom. The monoisotopic (exact) mass is 654 g/mol. The average molecular weight is 655 g/mol. The first kappa shape index (κ1) is 31.6. The molecule has 0 saturated carbocycles.